The first-order valence-corrected chi connectivity index (χ1v) is 7.88. The number of hydrogen-bond donors (Lipinski definition) is 2. The summed E-state index contributed by atoms with van der Waals surface area (Å²) in [5.74, 6) is 1.47. The maximum absolute atomic E-state index is 12.0. The fourth-order valence-corrected chi connectivity index (χ4v) is 3.20. The van der Waals surface area contributed by atoms with Crippen LogP contribution in [0.2, 0.25) is 0 Å². The molecule has 21 heavy (non-hydrogen) atoms. The van der Waals surface area contributed by atoms with Gasteiger partial charge in [0.2, 0.25) is 5.91 Å². The van der Waals surface area contributed by atoms with E-state index in [1.807, 2.05) is 6.07 Å². The second-order valence-corrected chi connectivity index (χ2v) is 6.20. The van der Waals surface area contributed by atoms with Crippen LogP contribution in [-0.2, 0) is 4.79 Å². The van der Waals surface area contributed by atoms with E-state index in [0.29, 0.717) is 18.5 Å². The molecule has 4 heteroatoms. The van der Waals surface area contributed by atoms with Crippen molar-refractivity contribution in [1.82, 2.24) is 10.6 Å². The Morgan fingerprint density at radius 2 is 1.86 bits per heavy atom. The smallest absolute Gasteiger partial charge is 0.234 e. The predicted octanol–water partition coefficient (Wildman–Crippen LogP) is 2.86. The van der Waals surface area contributed by atoms with Crippen LogP contribution in [0.25, 0.3) is 0 Å². The number of carbonyl (C=O) groups is 1. The van der Waals surface area contributed by atoms with Gasteiger partial charge in [0, 0.05) is 12.0 Å². The highest BCUT2D eigenvalue weighted by Crippen LogP contribution is 2.34. The zero-order valence-corrected chi connectivity index (χ0v) is 13.2. The van der Waals surface area contributed by atoms with Gasteiger partial charge in [0.15, 0.2) is 0 Å². The standard InChI is InChI=1S/C17H24N2O.ClH/c20-17(12-18-11-13-9-10-13)19-16-8-4-7-15(16)14-5-2-1-3-6-14;/h1-3,5-6,13,15-16,18H,4,7-12H2,(H,19,20);1H. The number of nitrogens with one attached hydrogen (secondary N) is 2. The van der Waals surface area contributed by atoms with Gasteiger partial charge < -0.3 is 10.6 Å². The molecule has 1 aromatic rings. The molecule has 3 nitrogen and oxygen atoms in total. The van der Waals surface area contributed by atoms with E-state index in [1.165, 1.54) is 31.2 Å². The Hall–Kier alpha value is -1.06. The molecule has 0 radical (unpaired) electrons. The van der Waals surface area contributed by atoms with Crippen LogP contribution in [0.3, 0.4) is 0 Å². The molecular weight excluding hydrogens is 284 g/mol. The van der Waals surface area contributed by atoms with Crippen LogP contribution < -0.4 is 10.6 Å². The number of carbonyl (C=O) groups excluding carboxylic acids is 1. The lowest BCUT2D eigenvalue weighted by molar-refractivity contribution is -0.121. The van der Waals surface area contributed by atoms with Crippen LogP contribution in [0.5, 0.6) is 0 Å². The highest BCUT2D eigenvalue weighted by Gasteiger charge is 2.29. The SMILES string of the molecule is Cl.O=C(CNCC1CC1)NC1CCCC1c1ccccc1. The van der Waals surface area contributed by atoms with Gasteiger partial charge in [0.25, 0.3) is 0 Å². The van der Waals surface area contributed by atoms with Gasteiger partial charge in [-0.25, -0.2) is 0 Å². The number of rotatable bonds is 6. The molecule has 2 saturated carbocycles. The first-order chi connectivity index (χ1) is 9.83. The van der Waals surface area contributed by atoms with Gasteiger partial charge in [-0.15, -0.1) is 12.4 Å². The van der Waals surface area contributed by atoms with E-state index in [9.17, 15) is 4.79 Å². The van der Waals surface area contributed by atoms with Crippen molar-refractivity contribution < 1.29 is 4.79 Å². The molecule has 116 valence electrons. The van der Waals surface area contributed by atoms with Crippen LogP contribution in [0.1, 0.15) is 43.6 Å². The van der Waals surface area contributed by atoms with Crippen LogP contribution in [0.4, 0.5) is 0 Å². The second-order valence-electron chi connectivity index (χ2n) is 6.20. The maximum atomic E-state index is 12.0. The molecule has 0 bridgehead atoms. The van der Waals surface area contributed by atoms with E-state index in [1.54, 1.807) is 0 Å². The third-order valence-corrected chi connectivity index (χ3v) is 4.51. The molecule has 2 unspecified atom stereocenters. The topological polar surface area (TPSA) is 41.1 Å². The summed E-state index contributed by atoms with van der Waals surface area (Å²) in [6.07, 6.45) is 6.15. The summed E-state index contributed by atoms with van der Waals surface area (Å²) in [4.78, 5) is 12.0. The van der Waals surface area contributed by atoms with Crippen molar-refractivity contribution in [3.63, 3.8) is 0 Å². The average molecular weight is 309 g/mol. The van der Waals surface area contributed by atoms with Gasteiger partial charge in [0.1, 0.15) is 0 Å². The minimum Gasteiger partial charge on any atom is -0.352 e. The number of hydrogen-bond acceptors (Lipinski definition) is 2. The first kappa shape index (κ1) is 16.3. The third-order valence-electron chi connectivity index (χ3n) is 4.51. The molecule has 2 N–H and O–H groups in total. The molecule has 0 heterocycles. The lowest BCUT2D eigenvalue weighted by Crippen LogP contribution is -2.41. The summed E-state index contributed by atoms with van der Waals surface area (Å²) in [6, 6.07) is 10.9. The Balaban J connectivity index is 0.00000161. The third kappa shape index (κ3) is 4.72. The molecule has 0 spiro atoms. The lowest BCUT2D eigenvalue weighted by Gasteiger charge is -2.21. The Labute approximate surface area is 133 Å². The highest BCUT2D eigenvalue weighted by atomic mass is 35.5. The Morgan fingerprint density at radius 3 is 2.57 bits per heavy atom. The van der Waals surface area contributed by atoms with Gasteiger partial charge >= 0.3 is 0 Å². The van der Waals surface area contributed by atoms with Crippen molar-refractivity contribution in [1.29, 1.82) is 0 Å². The largest absolute Gasteiger partial charge is 0.352 e. The molecule has 0 saturated heterocycles. The Morgan fingerprint density at radius 1 is 1.10 bits per heavy atom. The normalized spacial score (nSPS) is 24.4. The Kier molecular flexibility index (Phi) is 6.07. The van der Waals surface area contributed by atoms with Crippen molar-refractivity contribution >= 4 is 18.3 Å². The second kappa shape index (κ2) is 7.81. The van der Waals surface area contributed by atoms with Gasteiger partial charge in [-0.2, -0.15) is 0 Å². The quantitative estimate of drug-likeness (QED) is 0.848. The molecule has 2 fully saturated rings. The number of halogens is 1. The Bertz CT molecular complexity index is 447. The molecule has 0 aromatic heterocycles. The maximum Gasteiger partial charge on any atom is 0.234 e. The predicted molar refractivity (Wildman–Crippen MR) is 87.8 cm³/mol. The minimum absolute atomic E-state index is 0. The zero-order chi connectivity index (χ0) is 13.8. The average Bonchev–Trinajstić information content (AvgIpc) is 3.17. The van der Waals surface area contributed by atoms with Crippen molar-refractivity contribution in [3.8, 4) is 0 Å². The summed E-state index contributed by atoms with van der Waals surface area (Å²) >= 11 is 0. The molecule has 2 atom stereocenters. The molecule has 1 aromatic carbocycles. The van der Waals surface area contributed by atoms with Crippen LogP contribution in [0, 0.1) is 5.92 Å². The molecule has 2 aliphatic rings. The molecule has 3 rings (SSSR count). The van der Waals surface area contributed by atoms with Crippen LogP contribution in [-0.4, -0.2) is 25.0 Å². The summed E-state index contributed by atoms with van der Waals surface area (Å²) in [5, 5.41) is 6.48. The fraction of sp³-hybridized carbons (Fsp3) is 0.588. The summed E-state index contributed by atoms with van der Waals surface area (Å²) in [7, 11) is 0. The van der Waals surface area contributed by atoms with Crippen molar-refractivity contribution in [2.45, 2.75) is 44.1 Å². The van der Waals surface area contributed by atoms with Gasteiger partial charge in [-0.05, 0) is 43.7 Å². The van der Waals surface area contributed by atoms with Gasteiger partial charge in [-0.1, -0.05) is 36.8 Å². The van der Waals surface area contributed by atoms with Gasteiger partial charge in [0.05, 0.1) is 6.54 Å². The van der Waals surface area contributed by atoms with Crippen molar-refractivity contribution in [2.24, 2.45) is 5.92 Å². The minimum atomic E-state index is 0. The summed E-state index contributed by atoms with van der Waals surface area (Å²) < 4.78 is 0. The van der Waals surface area contributed by atoms with E-state index < -0.39 is 0 Å². The molecule has 1 amide bonds. The molecular formula is C17H25ClN2O. The fourth-order valence-electron chi connectivity index (χ4n) is 3.20. The zero-order valence-electron chi connectivity index (χ0n) is 12.4. The summed E-state index contributed by atoms with van der Waals surface area (Å²) in [5.41, 5.74) is 1.36. The van der Waals surface area contributed by atoms with E-state index in [-0.39, 0.29) is 18.3 Å². The van der Waals surface area contributed by atoms with Crippen molar-refractivity contribution in [3.05, 3.63) is 35.9 Å². The van der Waals surface area contributed by atoms with Crippen LogP contribution in [0.15, 0.2) is 30.3 Å². The number of amides is 1. The molecule has 2 aliphatic carbocycles. The van der Waals surface area contributed by atoms with E-state index >= 15 is 0 Å². The monoisotopic (exact) mass is 308 g/mol. The number of benzene rings is 1. The van der Waals surface area contributed by atoms with E-state index in [4.69, 9.17) is 0 Å². The van der Waals surface area contributed by atoms with E-state index in [0.717, 1.165) is 18.9 Å². The van der Waals surface area contributed by atoms with E-state index in [2.05, 4.69) is 34.9 Å². The molecule has 0 aliphatic heterocycles. The highest BCUT2D eigenvalue weighted by molar-refractivity contribution is 5.85. The van der Waals surface area contributed by atoms with Gasteiger partial charge in [-0.3, -0.25) is 4.79 Å². The summed E-state index contributed by atoms with van der Waals surface area (Å²) in [6.45, 7) is 1.47. The van der Waals surface area contributed by atoms with Crippen LogP contribution >= 0.6 is 12.4 Å². The first-order valence-electron chi connectivity index (χ1n) is 7.88. The van der Waals surface area contributed by atoms with Crippen molar-refractivity contribution in [2.75, 3.05) is 13.1 Å². The lowest BCUT2D eigenvalue weighted by atomic mass is 9.94.